The number of aromatic amines is 1. The standard InChI is InChI=1S/C16H13N5O/c1-2-5-11(6-3-1)13(12-7-4-8-22-12)21-16-14-15(18-9-17-14)19-10-20-16/h1-10,13H,(H2,17,18,19,20,21). The van der Waals surface area contributed by atoms with Gasteiger partial charge in [0.05, 0.1) is 12.6 Å². The van der Waals surface area contributed by atoms with Crippen LogP contribution in [0.1, 0.15) is 17.4 Å². The summed E-state index contributed by atoms with van der Waals surface area (Å²) in [5, 5.41) is 3.40. The number of fused-ring (bicyclic) bond motifs is 1. The fourth-order valence-corrected chi connectivity index (χ4v) is 2.43. The minimum absolute atomic E-state index is 0.147. The van der Waals surface area contributed by atoms with Crippen LogP contribution in [0.4, 0.5) is 5.82 Å². The van der Waals surface area contributed by atoms with Gasteiger partial charge in [0.25, 0.3) is 0 Å². The summed E-state index contributed by atoms with van der Waals surface area (Å²) < 4.78 is 5.58. The number of anilines is 1. The number of hydrogen-bond acceptors (Lipinski definition) is 5. The molecule has 0 aliphatic rings. The molecule has 0 aliphatic carbocycles. The molecule has 1 atom stereocenters. The van der Waals surface area contributed by atoms with Gasteiger partial charge >= 0.3 is 0 Å². The van der Waals surface area contributed by atoms with E-state index in [1.165, 1.54) is 6.33 Å². The Bertz CT molecular complexity index is 870. The molecule has 0 radical (unpaired) electrons. The first-order valence-corrected chi connectivity index (χ1v) is 6.91. The van der Waals surface area contributed by atoms with Crippen molar-refractivity contribution in [3.05, 3.63) is 72.7 Å². The summed E-state index contributed by atoms with van der Waals surface area (Å²) in [5.74, 6) is 1.48. The van der Waals surface area contributed by atoms with Crippen LogP contribution in [0.5, 0.6) is 0 Å². The number of hydrogen-bond donors (Lipinski definition) is 2. The van der Waals surface area contributed by atoms with E-state index in [0.717, 1.165) is 11.3 Å². The highest BCUT2D eigenvalue weighted by Crippen LogP contribution is 2.28. The van der Waals surface area contributed by atoms with Gasteiger partial charge in [0.2, 0.25) is 0 Å². The molecule has 0 saturated carbocycles. The molecule has 2 N–H and O–H groups in total. The molecule has 3 aromatic heterocycles. The van der Waals surface area contributed by atoms with E-state index in [4.69, 9.17) is 4.42 Å². The van der Waals surface area contributed by atoms with Crippen LogP contribution in [0, 0.1) is 0 Å². The quantitative estimate of drug-likeness (QED) is 0.604. The Balaban J connectivity index is 1.77. The minimum atomic E-state index is -0.147. The van der Waals surface area contributed by atoms with E-state index in [-0.39, 0.29) is 6.04 Å². The first-order chi connectivity index (χ1) is 10.9. The topological polar surface area (TPSA) is 79.6 Å². The lowest BCUT2D eigenvalue weighted by atomic mass is 10.0. The molecule has 0 aliphatic heterocycles. The molecule has 6 heteroatoms. The van der Waals surface area contributed by atoms with Gasteiger partial charge in [0.15, 0.2) is 11.5 Å². The summed E-state index contributed by atoms with van der Waals surface area (Å²) in [6.07, 6.45) is 4.78. The maximum Gasteiger partial charge on any atom is 0.162 e. The largest absolute Gasteiger partial charge is 0.467 e. The zero-order chi connectivity index (χ0) is 14.8. The second-order valence-electron chi connectivity index (χ2n) is 4.83. The Morgan fingerprint density at radius 2 is 1.91 bits per heavy atom. The lowest BCUT2D eigenvalue weighted by Gasteiger charge is -2.17. The van der Waals surface area contributed by atoms with Crippen LogP contribution in [-0.2, 0) is 0 Å². The molecule has 0 saturated heterocycles. The predicted molar refractivity (Wildman–Crippen MR) is 82.3 cm³/mol. The van der Waals surface area contributed by atoms with E-state index in [1.54, 1.807) is 12.6 Å². The molecular weight excluding hydrogens is 278 g/mol. The third-order valence-electron chi connectivity index (χ3n) is 3.46. The van der Waals surface area contributed by atoms with E-state index < -0.39 is 0 Å². The van der Waals surface area contributed by atoms with E-state index in [9.17, 15) is 0 Å². The monoisotopic (exact) mass is 291 g/mol. The van der Waals surface area contributed by atoms with E-state index >= 15 is 0 Å². The number of nitrogens with zero attached hydrogens (tertiary/aromatic N) is 3. The highest BCUT2D eigenvalue weighted by Gasteiger charge is 2.19. The van der Waals surface area contributed by atoms with Crippen LogP contribution in [0.3, 0.4) is 0 Å². The summed E-state index contributed by atoms with van der Waals surface area (Å²) in [6.45, 7) is 0. The van der Waals surface area contributed by atoms with E-state index in [1.807, 2.05) is 42.5 Å². The zero-order valence-corrected chi connectivity index (χ0v) is 11.6. The number of H-pyrrole nitrogens is 1. The average Bonchev–Trinajstić information content (AvgIpc) is 3.25. The molecule has 4 aromatic rings. The number of rotatable bonds is 4. The third-order valence-corrected chi connectivity index (χ3v) is 3.46. The van der Waals surface area contributed by atoms with Crippen molar-refractivity contribution in [2.24, 2.45) is 0 Å². The predicted octanol–water partition coefficient (Wildman–Crippen LogP) is 3.15. The smallest absolute Gasteiger partial charge is 0.162 e. The molecule has 0 amide bonds. The van der Waals surface area contributed by atoms with Gasteiger partial charge in [0.1, 0.15) is 23.6 Å². The normalized spacial score (nSPS) is 12.4. The van der Waals surface area contributed by atoms with Gasteiger partial charge in [-0.25, -0.2) is 15.0 Å². The number of nitrogens with one attached hydrogen (secondary N) is 2. The number of imidazole rings is 1. The van der Waals surface area contributed by atoms with Crippen molar-refractivity contribution in [2.75, 3.05) is 5.32 Å². The van der Waals surface area contributed by atoms with E-state index in [2.05, 4.69) is 25.3 Å². The Morgan fingerprint density at radius 1 is 1.00 bits per heavy atom. The highest BCUT2D eigenvalue weighted by molar-refractivity contribution is 5.82. The van der Waals surface area contributed by atoms with Crippen molar-refractivity contribution < 1.29 is 4.42 Å². The molecule has 3 heterocycles. The second kappa shape index (κ2) is 5.33. The van der Waals surface area contributed by atoms with Crippen LogP contribution in [-0.4, -0.2) is 19.9 Å². The molecule has 4 rings (SSSR count). The van der Waals surface area contributed by atoms with Crippen molar-refractivity contribution in [3.8, 4) is 0 Å². The summed E-state index contributed by atoms with van der Waals surface area (Å²) >= 11 is 0. The van der Waals surface area contributed by atoms with Crippen molar-refractivity contribution in [1.29, 1.82) is 0 Å². The molecule has 0 bridgehead atoms. The SMILES string of the molecule is c1ccc(C(Nc2ncnc3[nH]cnc23)c2ccco2)cc1. The van der Waals surface area contributed by atoms with Gasteiger partial charge in [0, 0.05) is 0 Å². The lowest BCUT2D eigenvalue weighted by molar-refractivity contribution is 0.498. The Kier molecular flexibility index (Phi) is 3.05. The summed E-state index contributed by atoms with van der Waals surface area (Å²) in [7, 11) is 0. The highest BCUT2D eigenvalue weighted by atomic mass is 16.3. The van der Waals surface area contributed by atoms with Crippen molar-refractivity contribution >= 4 is 17.0 Å². The third kappa shape index (κ3) is 2.20. The number of aromatic nitrogens is 4. The summed E-state index contributed by atoms with van der Waals surface area (Å²) in [6, 6.07) is 13.7. The maximum atomic E-state index is 5.58. The molecule has 22 heavy (non-hydrogen) atoms. The fourth-order valence-electron chi connectivity index (χ4n) is 2.43. The van der Waals surface area contributed by atoms with Gasteiger partial charge in [-0.05, 0) is 17.7 Å². The average molecular weight is 291 g/mol. The van der Waals surface area contributed by atoms with Gasteiger partial charge < -0.3 is 14.7 Å². The van der Waals surface area contributed by atoms with Crippen LogP contribution in [0.25, 0.3) is 11.2 Å². The number of benzene rings is 1. The van der Waals surface area contributed by atoms with Crippen LogP contribution in [0.2, 0.25) is 0 Å². The lowest BCUT2D eigenvalue weighted by Crippen LogP contribution is -2.13. The van der Waals surface area contributed by atoms with Crippen molar-refractivity contribution in [2.45, 2.75) is 6.04 Å². The van der Waals surface area contributed by atoms with Crippen molar-refractivity contribution in [3.63, 3.8) is 0 Å². The number of furan rings is 1. The second-order valence-corrected chi connectivity index (χ2v) is 4.83. The zero-order valence-electron chi connectivity index (χ0n) is 11.6. The van der Waals surface area contributed by atoms with Gasteiger partial charge in [-0.3, -0.25) is 0 Å². The Hall–Kier alpha value is -3.15. The summed E-state index contributed by atoms with van der Waals surface area (Å²) in [4.78, 5) is 15.7. The first kappa shape index (κ1) is 12.6. The first-order valence-electron chi connectivity index (χ1n) is 6.91. The molecule has 6 nitrogen and oxygen atoms in total. The van der Waals surface area contributed by atoms with Crippen molar-refractivity contribution in [1.82, 2.24) is 19.9 Å². The molecule has 1 unspecified atom stereocenters. The van der Waals surface area contributed by atoms with Gasteiger partial charge in [-0.2, -0.15) is 0 Å². The molecule has 0 spiro atoms. The van der Waals surface area contributed by atoms with Crippen LogP contribution < -0.4 is 5.32 Å². The maximum absolute atomic E-state index is 5.58. The molecule has 0 fully saturated rings. The van der Waals surface area contributed by atoms with Crippen LogP contribution in [0.15, 0.2) is 65.8 Å². The van der Waals surface area contributed by atoms with Gasteiger partial charge in [-0.15, -0.1) is 0 Å². The Morgan fingerprint density at radius 3 is 2.73 bits per heavy atom. The fraction of sp³-hybridized carbons (Fsp3) is 0.0625. The van der Waals surface area contributed by atoms with E-state index in [0.29, 0.717) is 17.0 Å². The summed E-state index contributed by atoms with van der Waals surface area (Å²) in [5.41, 5.74) is 2.48. The molecule has 108 valence electrons. The minimum Gasteiger partial charge on any atom is -0.467 e. The molecular formula is C16H13N5O. The Labute approximate surface area is 126 Å². The molecule has 1 aromatic carbocycles. The van der Waals surface area contributed by atoms with Crippen LogP contribution >= 0.6 is 0 Å². The van der Waals surface area contributed by atoms with Gasteiger partial charge in [-0.1, -0.05) is 30.3 Å².